The van der Waals surface area contributed by atoms with Crippen LogP contribution >= 0.6 is 0 Å². The molecule has 0 fully saturated rings. The molecule has 0 bridgehead atoms. The zero-order chi connectivity index (χ0) is 11.1. The van der Waals surface area contributed by atoms with E-state index in [2.05, 4.69) is 44.7 Å². The molecule has 14 heavy (non-hydrogen) atoms. The second kappa shape index (κ2) is 7.21. The highest BCUT2D eigenvalue weighted by Crippen LogP contribution is 1.99. The van der Waals surface area contributed by atoms with Gasteiger partial charge in [0.2, 0.25) is 0 Å². The number of nitrogens with zero attached hydrogens (tertiary/aromatic N) is 2. The molecule has 0 unspecified atom stereocenters. The largest absolute Gasteiger partial charge is 0.327 e. The molecule has 3 heteroatoms. The molecule has 0 radical (unpaired) electrons. The molecule has 0 heterocycles. The van der Waals surface area contributed by atoms with Crippen molar-refractivity contribution < 1.29 is 0 Å². The molecule has 2 N–H and O–H groups in total. The molecule has 0 aromatic carbocycles. The van der Waals surface area contributed by atoms with Crippen LogP contribution in [0.2, 0.25) is 0 Å². The Morgan fingerprint density at radius 2 is 1.57 bits per heavy atom. The Kier molecular flexibility index (Phi) is 7.15. The topological polar surface area (TPSA) is 32.5 Å². The van der Waals surface area contributed by atoms with E-state index in [9.17, 15) is 0 Å². The van der Waals surface area contributed by atoms with Crippen LogP contribution in [0.3, 0.4) is 0 Å². The molecule has 0 aromatic rings. The van der Waals surface area contributed by atoms with Gasteiger partial charge in [-0.15, -0.1) is 0 Å². The summed E-state index contributed by atoms with van der Waals surface area (Å²) in [5, 5.41) is 0. The highest BCUT2D eigenvalue weighted by Gasteiger charge is 2.09. The van der Waals surface area contributed by atoms with Gasteiger partial charge < -0.3 is 15.5 Å². The maximum absolute atomic E-state index is 5.82. The van der Waals surface area contributed by atoms with Crippen LogP contribution in [0.5, 0.6) is 0 Å². The Hall–Kier alpha value is -0.120. The number of hydrogen-bond donors (Lipinski definition) is 1. The summed E-state index contributed by atoms with van der Waals surface area (Å²) in [6.45, 7) is 11.0. The lowest BCUT2D eigenvalue weighted by Gasteiger charge is -2.27. The van der Waals surface area contributed by atoms with Gasteiger partial charge in [-0.3, -0.25) is 0 Å². The predicted molar refractivity (Wildman–Crippen MR) is 63.5 cm³/mol. The third-order valence-electron chi connectivity index (χ3n) is 2.03. The van der Waals surface area contributed by atoms with Crippen LogP contribution in [0, 0.1) is 5.92 Å². The summed E-state index contributed by atoms with van der Waals surface area (Å²) in [6.07, 6.45) is 0. The monoisotopic (exact) mass is 201 g/mol. The number of hydrogen-bond acceptors (Lipinski definition) is 3. The first-order valence-corrected chi connectivity index (χ1v) is 5.54. The fraction of sp³-hybridized carbons (Fsp3) is 1.00. The van der Waals surface area contributed by atoms with Gasteiger partial charge in [0.1, 0.15) is 0 Å². The SMILES string of the molecule is CC(C)CN(CCN(C)C)C[C@H](C)N. The van der Waals surface area contributed by atoms with Crippen molar-refractivity contribution in [3.63, 3.8) is 0 Å². The first kappa shape index (κ1) is 13.9. The Balaban J connectivity index is 3.84. The molecule has 3 nitrogen and oxygen atoms in total. The van der Waals surface area contributed by atoms with E-state index in [1.807, 2.05) is 0 Å². The molecule has 0 aromatic heterocycles. The molecule has 0 spiro atoms. The lowest BCUT2D eigenvalue weighted by molar-refractivity contribution is 0.211. The number of rotatable bonds is 7. The van der Waals surface area contributed by atoms with Crippen LogP contribution in [0.15, 0.2) is 0 Å². The minimum absolute atomic E-state index is 0.274. The van der Waals surface area contributed by atoms with Crippen LogP contribution in [0.4, 0.5) is 0 Å². The molecule has 0 saturated carbocycles. The van der Waals surface area contributed by atoms with Crippen molar-refractivity contribution in [3.8, 4) is 0 Å². The smallest absolute Gasteiger partial charge is 0.0139 e. The molecule has 0 rings (SSSR count). The van der Waals surface area contributed by atoms with Gasteiger partial charge >= 0.3 is 0 Å². The van der Waals surface area contributed by atoms with Gasteiger partial charge in [-0.2, -0.15) is 0 Å². The van der Waals surface area contributed by atoms with Gasteiger partial charge in [0, 0.05) is 32.2 Å². The standard InChI is InChI=1S/C11H27N3/c1-10(2)8-14(9-11(3)12)7-6-13(4)5/h10-11H,6-9,12H2,1-5H3/t11-/m0/s1. The minimum Gasteiger partial charge on any atom is -0.327 e. The summed E-state index contributed by atoms with van der Waals surface area (Å²) in [7, 11) is 4.22. The van der Waals surface area contributed by atoms with Gasteiger partial charge in [-0.25, -0.2) is 0 Å². The van der Waals surface area contributed by atoms with Crippen LogP contribution in [0.25, 0.3) is 0 Å². The average Bonchev–Trinajstić information content (AvgIpc) is 1.97. The summed E-state index contributed by atoms with van der Waals surface area (Å²) in [4.78, 5) is 4.67. The van der Waals surface area contributed by atoms with Gasteiger partial charge in [-0.05, 0) is 26.9 Å². The van der Waals surface area contributed by atoms with E-state index >= 15 is 0 Å². The van der Waals surface area contributed by atoms with Crippen molar-refractivity contribution in [1.29, 1.82) is 0 Å². The second-order valence-corrected chi connectivity index (χ2v) is 4.93. The van der Waals surface area contributed by atoms with Crippen LogP contribution in [-0.2, 0) is 0 Å². The first-order valence-electron chi connectivity index (χ1n) is 5.54. The maximum atomic E-state index is 5.82. The van der Waals surface area contributed by atoms with Crippen LogP contribution in [-0.4, -0.2) is 56.1 Å². The summed E-state index contributed by atoms with van der Waals surface area (Å²) in [5.41, 5.74) is 5.82. The van der Waals surface area contributed by atoms with Crippen molar-refractivity contribution in [2.45, 2.75) is 26.8 Å². The maximum Gasteiger partial charge on any atom is 0.0139 e. The molecular weight excluding hydrogens is 174 g/mol. The quantitative estimate of drug-likeness (QED) is 0.663. The fourth-order valence-corrected chi connectivity index (χ4v) is 1.52. The third-order valence-corrected chi connectivity index (χ3v) is 2.03. The van der Waals surface area contributed by atoms with Gasteiger partial charge in [0.15, 0.2) is 0 Å². The zero-order valence-electron chi connectivity index (χ0n) is 10.5. The number of nitrogens with two attached hydrogens (primary N) is 1. The Morgan fingerprint density at radius 1 is 1.00 bits per heavy atom. The van der Waals surface area contributed by atoms with E-state index in [0.29, 0.717) is 0 Å². The van der Waals surface area contributed by atoms with Crippen molar-refractivity contribution in [2.75, 3.05) is 40.3 Å². The van der Waals surface area contributed by atoms with Gasteiger partial charge in [0.25, 0.3) is 0 Å². The Labute approximate surface area is 89.2 Å². The Bertz CT molecular complexity index is 122. The molecule has 86 valence electrons. The molecule has 0 aliphatic rings. The third kappa shape index (κ3) is 8.48. The van der Waals surface area contributed by atoms with E-state index in [-0.39, 0.29) is 6.04 Å². The van der Waals surface area contributed by atoms with Crippen molar-refractivity contribution in [3.05, 3.63) is 0 Å². The van der Waals surface area contributed by atoms with E-state index in [0.717, 1.165) is 32.1 Å². The molecule has 0 amide bonds. The predicted octanol–water partition coefficient (Wildman–Crippen LogP) is 0.853. The highest BCUT2D eigenvalue weighted by molar-refractivity contribution is 4.66. The first-order chi connectivity index (χ1) is 6.41. The summed E-state index contributed by atoms with van der Waals surface area (Å²) < 4.78 is 0. The minimum atomic E-state index is 0.274. The van der Waals surface area contributed by atoms with E-state index in [1.54, 1.807) is 0 Å². The van der Waals surface area contributed by atoms with Crippen molar-refractivity contribution in [2.24, 2.45) is 11.7 Å². The van der Waals surface area contributed by atoms with Crippen molar-refractivity contribution >= 4 is 0 Å². The van der Waals surface area contributed by atoms with E-state index in [4.69, 9.17) is 5.73 Å². The molecule has 1 atom stereocenters. The van der Waals surface area contributed by atoms with Gasteiger partial charge in [-0.1, -0.05) is 13.8 Å². The van der Waals surface area contributed by atoms with E-state index in [1.165, 1.54) is 0 Å². The zero-order valence-corrected chi connectivity index (χ0v) is 10.5. The molecule has 0 aliphatic heterocycles. The molecular formula is C11H27N3. The van der Waals surface area contributed by atoms with Crippen LogP contribution < -0.4 is 5.73 Å². The van der Waals surface area contributed by atoms with Gasteiger partial charge in [0.05, 0.1) is 0 Å². The van der Waals surface area contributed by atoms with Crippen LogP contribution in [0.1, 0.15) is 20.8 Å². The highest BCUT2D eigenvalue weighted by atomic mass is 15.2. The lowest BCUT2D eigenvalue weighted by Crippen LogP contribution is -2.41. The Morgan fingerprint density at radius 3 is 1.93 bits per heavy atom. The van der Waals surface area contributed by atoms with E-state index < -0.39 is 0 Å². The summed E-state index contributed by atoms with van der Waals surface area (Å²) in [5.74, 6) is 0.718. The lowest BCUT2D eigenvalue weighted by atomic mass is 10.2. The average molecular weight is 201 g/mol. The summed E-state index contributed by atoms with van der Waals surface area (Å²) >= 11 is 0. The summed E-state index contributed by atoms with van der Waals surface area (Å²) in [6, 6.07) is 0.274. The number of likely N-dealkylation sites (N-methyl/N-ethyl adjacent to an activating group) is 1. The molecule has 0 aliphatic carbocycles. The normalized spacial score (nSPS) is 14.4. The van der Waals surface area contributed by atoms with Crippen molar-refractivity contribution in [1.82, 2.24) is 9.80 Å². The molecule has 0 saturated heterocycles. The second-order valence-electron chi connectivity index (χ2n) is 4.93. The fourth-order valence-electron chi connectivity index (χ4n) is 1.52.